The molecule has 0 fully saturated rings. The van der Waals surface area contributed by atoms with E-state index in [0.29, 0.717) is 10.9 Å². The molecule has 0 bridgehead atoms. The van der Waals surface area contributed by atoms with Gasteiger partial charge in [0, 0.05) is 5.39 Å². The number of hydrogen-bond donors (Lipinski definition) is 1. The quantitative estimate of drug-likeness (QED) is 0.560. The van der Waals surface area contributed by atoms with E-state index < -0.39 is 9.84 Å². The fourth-order valence-electron chi connectivity index (χ4n) is 1.48. The van der Waals surface area contributed by atoms with Crippen molar-refractivity contribution in [3.05, 3.63) is 24.3 Å². The Bertz CT molecular complexity index is 661. The van der Waals surface area contributed by atoms with Crippen LogP contribution in [0.25, 0.3) is 10.9 Å². The second kappa shape index (κ2) is 2.06. The molecule has 14 heavy (non-hydrogen) atoms. The fraction of sp³-hybridized carbons (Fsp3) is 0. The van der Waals surface area contributed by atoms with Gasteiger partial charge >= 0.3 is 0 Å². The number of benzene rings is 1. The van der Waals surface area contributed by atoms with Gasteiger partial charge in [-0.25, -0.2) is 13.4 Å². The first-order valence-electron chi connectivity index (χ1n) is 3.98. The fourth-order valence-corrected chi connectivity index (χ4v) is 2.68. The standard InChI is InChI=1S/C9H5NO3S/c11-6-3-1-2-5-4-7-9(10-8(5)6)14(7,12)13/h1-4,11H. The molecular weight excluding hydrogens is 202 g/mol. The lowest BCUT2D eigenvalue weighted by Crippen LogP contribution is -1.76. The number of pyridine rings is 1. The molecule has 1 aromatic heterocycles. The van der Waals surface area contributed by atoms with E-state index in [0.717, 1.165) is 0 Å². The SMILES string of the molecule is O=S1(=O)c2cc3cccc(O)c3nc21. The third-order valence-corrected chi connectivity index (χ3v) is 3.77. The summed E-state index contributed by atoms with van der Waals surface area (Å²) in [4.78, 5) is 4.16. The summed E-state index contributed by atoms with van der Waals surface area (Å²) in [6.07, 6.45) is 0. The number of phenols is 1. The van der Waals surface area contributed by atoms with Gasteiger partial charge in [0.25, 0.3) is 0 Å². The highest BCUT2D eigenvalue weighted by Crippen LogP contribution is 2.41. The van der Waals surface area contributed by atoms with Crippen molar-refractivity contribution in [3.63, 3.8) is 0 Å². The number of fused-ring (bicyclic) bond motifs is 2. The van der Waals surface area contributed by atoms with Crippen LogP contribution in [0.3, 0.4) is 0 Å². The molecule has 0 unspecified atom stereocenters. The summed E-state index contributed by atoms with van der Waals surface area (Å²) >= 11 is 0. The van der Waals surface area contributed by atoms with Crippen molar-refractivity contribution in [2.75, 3.05) is 0 Å². The highest BCUT2D eigenvalue weighted by Gasteiger charge is 2.42. The Morgan fingerprint density at radius 2 is 2.07 bits per heavy atom. The third kappa shape index (κ3) is 0.773. The van der Waals surface area contributed by atoms with Gasteiger partial charge in [-0.2, -0.15) is 0 Å². The predicted octanol–water partition coefficient (Wildman–Crippen LogP) is 1.09. The summed E-state index contributed by atoms with van der Waals surface area (Å²) < 4.78 is 22.4. The third-order valence-electron chi connectivity index (χ3n) is 2.26. The smallest absolute Gasteiger partial charge is 0.228 e. The molecule has 0 amide bonds. The molecule has 5 heteroatoms. The largest absolute Gasteiger partial charge is 0.506 e. The normalized spacial score (nSPS) is 16.6. The van der Waals surface area contributed by atoms with Crippen LogP contribution in [0.1, 0.15) is 0 Å². The first-order valence-corrected chi connectivity index (χ1v) is 5.47. The van der Waals surface area contributed by atoms with Crippen LogP contribution in [0.5, 0.6) is 5.75 Å². The molecular formula is C9H5NO3S. The Hall–Kier alpha value is -1.62. The van der Waals surface area contributed by atoms with Gasteiger partial charge in [0.15, 0.2) is 5.03 Å². The van der Waals surface area contributed by atoms with E-state index in [1.807, 2.05) is 0 Å². The van der Waals surface area contributed by atoms with Gasteiger partial charge in [-0.05, 0) is 12.1 Å². The van der Waals surface area contributed by atoms with E-state index in [4.69, 9.17) is 0 Å². The van der Waals surface area contributed by atoms with Gasteiger partial charge in [0.05, 0.1) is 0 Å². The van der Waals surface area contributed by atoms with E-state index in [1.165, 1.54) is 12.1 Å². The van der Waals surface area contributed by atoms with Gasteiger partial charge in [-0.1, -0.05) is 12.1 Å². The second-order valence-electron chi connectivity index (χ2n) is 3.14. The van der Waals surface area contributed by atoms with Crippen molar-refractivity contribution in [2.45, 2.75) is 9.92 Å². The second-order valence-corrected chi connectivity index (χ2v) is 4.98. The van der Waals surface area contributed by atoms with Gasteiger partial charge in [-0.15, -0.1) is 0 Å². The maximum Gasteiger partial charge on any atom is 0.228 e. The van der Waals surface area contributed by atoms with E-state index in [9.17, 15) is 13.5 Å². The zero-order valence-corrected chi connectivity index (χ0v) is 7.75. The summed E-state index contributed by atoms with van der Waals surface area (Å²) in [5, 5.41) is 10.2. The van der Waals surface area contributed by atoms with Gasteiger partial charge < -0.3 is 5.11 Å². The van der Waals surface area contributed by atoms with Gasteiger partial charge in [-0.3, -0.25) is 0 Å². The Balaban J connectivity index is 2.51. The zero-order chi connectivity index (χ0) is 9.92. The van der Waals surface area contributed by atoms with E-state index in [2.05, 4.69) is 4.98 Å². The summed E-state index contributed by atoms with van der Waals surface area (Å²) in [7, 11) is -3.22. The molecule has 0 aliphatic carbocycles. The van der Waals surface area contributed by atoms with Crippen LogP contribution in [0.2, 0.25) is 0 Å². The van der Waals surface area contributed by atoms with E-state index in [1.54, 1.807) is 12.1 Å². The highest BCUT2D eigenvalue weighted by molar-refractivity contribution is 7.97. The molecule has 2 heterocycles. The average Bonchev–Trinajstić information content (AvgIpc) is 2.67. The molecule has 3 rings (SSSR count). The van der Waals surface area contributed by atoms with Crippen molar-refractivity contribution >= 4 is 20.7 Å². The van der Waals surface area contributed by atoms with Crippen molar-refractivity contribution in [1.82, 2.24) is 4.98 Å². The molecule has 0 atom stereocenters. The number of aromatic hydroxyl groups is 1. The minimum absolute atomic E-state index is 0.00685. The van der Waals surface area contributed by atoms with Crippen LogP contribution in [-0.2, 0) is 9.84 Å². The molecule has 0 saturated heterocycles. The average molecular weight is 207 g/mol. The Labute approximate surface area is 79.7 Å². The first-order chi connectivity index (χ1) is 6.60. The molecule has 4 nitrogen and oxygen atoms in total. The zero-order valence-electron chi connectivity index (χ0n) is 6.93. The van der Waals surface area contributed by atoms with Crippen LogP contribution in [0, 0.1) is 0 Å². The molecule has 0 saturated carbocycles. The lowest BCUT2D eigenvalue weighted by molar-refractivity contribution is 0.480. The number of phenolic OH excluding ortho intramolecular Hbond substituents is 1. The number of rotatable bonds is 0. The molecule has 1 N–H and O–H groups in total. The number of aromatic nitrogens is 1. The van der Waals surface area contributed by atoms with Crippen LogP contribution >= 0.6 is 0 Å². The molecule has 1 aliphatic heterocycles. The Morgan fingerprint density at radius 3 is 2.86 bits per heavy atom. The van der Waals surface area contributed by atoms with Gasteiger partial charge in [0.2, 0.25) is 9.84 Å². The maximum atomic E-state index is 11.2. The first kappa shape index (κ1) is 7.75. The summed E-state index contributed by atoms with van der Waals surface area (Å²) in [5.74, 6) is 0.00685. The minimum Gasteiger partial charge on any atom is -0.506 e. The topological polar surface area (TPSA) is 67.3 Å². The van der Waals surface area contributed by atoms with Crippen molar-refractivity contribution in [1.29, 1.82) is 0 Å². The molecule has 1 aliphatic rings. The summed E-state index contributed by atoms with van der Waals surface area (Å²) in [6, 6.07) is 6.39. The molecule has 0 spiro atoms. The minimum atomic E-state index is -3.22. The van der Waals surface area contributed by atoms with Crippen LogP contribution in [0.15, 0.2) is 34.2 Å². The number of nitrogens with zero attached hydrogens (tertiary/aromatic N) is 1. The molecule has 1 aromatic carbocycles. The maximum absolute atomic E-state index is 11.2. The number of hydrogen-bond acceptors (Lipinski definition) is 4. The van der Waals surface area contributed by atoms with Crippen molar-refractivity contribution in [3.8, 4) is 5.75 Å². The van der Waals surface area contributed by atoms with Crippen molar-refractivity contribution < 1.29 is 13.5 Å². The lowest BCUT2D eigenvalue weighted by Gasteiger charge is -1.95. The molecule has 2 aromatic rings. The van der Waals surface area contributed by atoms with E-state index >= 15 is 0 Å². The van der Waals surface area contributed by atoms with E-state index in [-0.39, 0.29) is 15.7 Å². The predicted molar refractivity (Wildman–Crippen MR) is 48.9 cm³/mol. The van der Waals surface area contributed by atoms with Crippen LogP contribution in [0.4, 0.5) is 0 Å². The summed E-state index contributed by atoms with van der Waals surface area (Å²) in [5.41, 5.74) is 0.340. The van der Waals surface area contributed by atoms with Crippen LogP contribution < -0.4 is 0 Å². The monoisotopic (exact) mass is 207 g/mol. The highest BCUT2D eigenvalue weighted by atomic mass is 32.2. The number of para-hydroxylation sites is 1. The van der Waals surface area contributed by atoms with Crippen molar-refractivity contribution in [2.24, 2.45) is 0 Å². The Kier molecular flexibility index (Phi) is 1.14. The molecule has 70 valence electrons. The Morgan fingerprint density at radius 1 is 1.29 bits per heavy atom. The van der Waals surface area contributed by atoms with Gasteiger partial charge in [0.1, 0.15) is 16.2 Å². The number of sulfone groups is 1. The van der Waals surface area contributed by atoms with Crippen LogP contribution in [-0.4, -0.2) is 18.5 Å². The lowest BCUT2D eigenvalue weighted by atomic mass is 10.2. The molecule has 0 radical (unpaired) electrons. The summed E-state index contributed by atoms with van der Waals surface area (Å²) in [6.45, 7) is 0.